The Morgan fingerprint density at radius 3 is 2.48 bits per heavy atom. The molecular weight excluding hydrogens is 420 g/mol. The summed E-state index contributed by atoms with van der Waals surface area (Å²) in [6.45, 7) is 12.6. The number of nitrogens with zero attached hydrogens (tertiary/aromatic N) is 5. The van der Waals surface area contributed by atoms with Crippen LogP contribution in [0.15, 0.2) is 43.1 Å². The van der Waals surface area contributed by atoms with Gasteiger partial charge in [-0.15, -0.1) is 0 Å². The van der Waals surface area contributed by atoms with E-state index >= 15 is 0 Å². The van der Waals surface area contributed by atoms with Crippen molar-refractivity contribution in [3.05, 3.63) is 54.2 Å². The van der Waals surface area contributed by atoms with E-state index in [4.69, 9.17) is 4.74 Å². The lowest BCUT2D eigenvalue weighted by molar-refractivity contribution is -0.126. The van der Waals surface area contributed by atoms with Gasteiger partial charge in [0.2, 0.25) is 11.9 Å². The molecule has 0 bridgehead atoms. The third kappa shape index (κ3) is 4.76. The monoisotopic (exact) mass is 450 g/mol. The minimum Gasteiger partial charge on any atom is -0.444 e. The minimum absolute atomic E-state index is 0.0114. The van der Waals surface area contributed by atoms with E-state index in [9.17, 15) is 9.59 Å². The lowest BCUT2D eigenvalue weighted by Gasteiger charge is -2.35. The van der Waals surface area contributed by atoms with E-state index in [-0.39, 0.29) is 30.7 Å². The van der Waals surface area contributed by atoms with Gasteiger partial charge < -0.3 is 19.9 Å². The molecule has 1 N–H and O–H groups in total. The molecule has 2 aliphatic heterocycles. The SMILES string of the molecule is C=CC(=O)N1CCN(c2ccc(C(C)Nc3ncc4c(n3)N(C(C)C)C(=O)OC4)cc2)CC1. The van der Waals surface area contributed by atoms with Crippen molar-refractivity contribution in [2.45, 2.75) is 39.5 Å². The predicted octanol–water partition coefficient (Wildman–Crippen LogP) is 3.35. The number of hydrogen-bond donors (Lipinski definition) is 1. The van der Waals surface area contributed by atoms with Gasteiger partial charge in [-0.05, 0) is 44.5 Å². The fourth-order valence-corrected chi connectivity index (χ4v) is 4.09. The van der Waals surface area contributed by atoms with Crippen molar-refractivity contribution in [3.63, 3.8) is 0 Å². The molecule has 0 aliphatic carbocycles. The molecule has 2 aliphatic rings. The molecule has 1 unspecified atom stereocenters. The number of benzene rings is 1. The number of cyclic esters (lactones) is 1. The Balaban J connectivity index is 1.41. The fourth-order valence-electron chi connectivity index (χ4n) is 4.09. The molecule has 174 valence electrons. The molecular formula is C24H30N6O3. The number of fused-ring (bicyclic) bond motifs is 1. The summed E-state index contributed by atoms with van der Waals surface area (Å²) in [6, 6.07) is 8.28. The maximum Gasteiger partial charge on any atom is 0.416 e. The van der Waals surface area contributed by atoms with Crippen LogP contribution in [0.4, 0.5) is 22.2 Å². The Morgan fingerprint density at radius 2 is 1.85 bits per heavy atom. The van der Waals surface area contributed by atoms with E-state index in [0.29, 0.717) is 24.9 Å². The van der Waals surface area contributed by atoms with Crippen molar-refractivity contribution in [3.8, 4) is 0 Å². The van der Waals surface area contributed by atoms with Crippen molar-refractivity contribution in [2.75, 3.05) is 41.3 Å². The second-order valence-electron chi connectivity index (χ2n) is 8.53. The van der Waals surface area contributed by atoms with Crippen molar-refractivity contribution in [1.29, 1.82) is 0 Å². The van der Waals surface area contributed by atoms with Crippen LogP contribution in [0.3, 0.4) is 0 Å². The highest BCUT2D eigenvalue weighted by atomic mass is 16.6. The first-order chi connectivity index (χ1) is 15.9. The topological polar surface area (TPSA) is 90.9 Å². The number of piperazine rings is 1. The Hall–Kier alpha value is -3.62. The zero-order chi connectivity index (χ0) is 23.5. The molecule has 0 saturated carbocycles. The van der Waals surface area contributed by atoms with Crippen LogP contribution in [0.5, 0.6) is 0 Å². The number of carbonyl (C=O) groups is 2. The van der Waals surface area contributed by atoms with Gasteiger partial charge in [-0.3, -0.25) is 9.69 Å². The van der Waals surface area contributed by atoms with Crippen molar-refractivity contribution >= 4 is 29.5 Å². The molecule has 2 amide bonds. The molecule has 1 saturated heterocycles. The van der Waals surface area contributed by atoms with Gasteiger partial charge in [0.15, 0.2) is 0 Å². The van der Waals surface area contributed by atoms with E-state index < -0.39 is 0 Å². The highest BCUT2D eigenvalue weighted by molar-refractivity contribution is 5.89. The Bertz CT molecular complexity index is 1030. The van der Waals surface area contributed by atoms with E-state index in [1.807, 2.05) is 25.7 Å². The van der Waals surface area contributed by atoms with E-state index in [2.05, 4.69) is 51.0 Å². The van der Waals surface area contributed by atoms with Crippen molar-refractivity contribution in [1.82, 2.24) is 14.9 Å². The largest absolute Gasteiger partial charge is 0.444 e. The number of amides is 2. The number of hydrogen-bond acceptors (Lipinski definition) is 7. The number of aromatic nitrogens is 2. The van der Waals surface area contributed by atoms with Crippen LogP contribution in [0.25, 0.3) is 0 Å². The van der Waals surface area contributed by atoms with Gasteiger partial charge in [0.1, 0.15) is 12.4 Å². The molecule has 1 atom stereocenters. The molecule has 33 heavy (non-hydrogen) atoms. The van der Waals surface area contributed by atoms with Crippen molar-refractivity contribution < 1.29 is 14.3 Å². The second-order valence-corrected chi connectivity index (χ2v) is 8.53. The maximum absolute atomic E-state index is 12.2. The van der Waals surface area contributed by atoms with Gasteiger partial charge >= 0.3 is 6.09 Å². The number of ether oxygens (including phenoxy) is 1. The van der Waals surface area contributed by atoms with Gasteiger partial charge in [0, 0.05) is 44.1 Å². The third-order valence-corrected chi connectivity index (χ3v) is 6.00. The number of carbonyl (C=O) groups excluding carboxylic acids is 2. The molecule has 9 nitrogen and oxygen atoms in total. The van der Waals surface area contributed by atoms with E-state index in [1.54, 1.807) is 11.1 Å². The van der Waals surface area contributed by atoms with Crippen LogP contribution in [0.1, 0.15) is 37.9 Å². The first-order valence-corrected chi connectivity index (χ1v) is 11.2. The molecule has 3 heterocycles. The fraction of sp³-hybridized carbons (Fsp3) is 0.417. The lowest BCUT2D eigenvalue weighted by Crippen LogP contribution is -2.48. The van der Waals surface area contributed by atoms with Crippen LogP contribution < -0.4 is 15.1 Å². The number of nitrogens with one attached hydrogen (secondary N) is 1. The average molecular weight is 451 g/mol. The smallest absolute Gasteiger partial charge is 0.416 e. The standard InChI is InChI=1S/C24H30N6O3/c1-5-21(31)29-12-10-28(11-13-29)20-8-6-18(7-9-20)17(4)26-23-25-14-19-15-33-24(32)30(16(2)3)22(19)27-23/h5-9,14,16-17H,1,10-13,15H2,2-4H3,(H,25,26,27). The van der Waals surface area contributed by atoms with Crippen LogP contribution in [0.2, 0.25) is 0 Å². The molecule has 9 heteroatoms. The Labute approximate surface area is 194 Å². The summed E-state index contributed by atoms with van der Waals surface area (Å²) in [5.74, 6) is 1.05. The quantitative estimate of drug-likeness (QED) is 0.675. The third-order valence-electron chi connectivity index (χ3n) is 6.00. The number of rotatable bonds is 6. The number of anilines is 3. The van der Waals surface area contributed by atoms with Crippen LogP contribution in [-0.2, 0) is 16.1 Å². The van der Waals surface area contributed by atoms with E-state index in [1.165, 1.54) is 6.08 Å². The summed E-state index contributed by atoms with van der Waals surface area (Å²) in [5.41, 5.74) is 3.02. The molecule has 1 aromatic carbocycles. The zero-order valence-electron chi connectivity index (χ0n) is 19.3. The minimum atomic E-state index is -0.388. The molecule has 1 fully saturated rings. The summed E-state index contributed by atoms with van der Waals surface area (Å²) >= 11 is 0. The highest BCUT2D eigenvalue weighted by Gasteiger charge is 2.30. The summed E-state index contributed by atoms with van der Waals surface area (Å²) in [7, 11) is 0. The van der Waals surface area contributed by atoms with Gasteiger partial charge in [-0.2, -0.15) is 4.98 Å². The lowest BCUT2D eigenvalue weighted by atomic mass is 10.1. The zero-order valence-corrected chi connectivity index (χ0v) is 19.3. The van der Waals surface area contributed by atoms with Gasteiger partial charge in [-0.25, -0.2) is 9.78 Å². The summed E-state index contributed by atoms with van der Waals surface area (Å²) < 4.78 is 5.21. The first-order valence-electron chi connectivity index (χ1n) is 11.2. The van der Waals surface area contributed by atoms with E-state index in [0.717, 1.165) is 29.9 Å². The molecule has 1 aromatic heterocycles. The molecule has 0 radical (unpaired) electrons. The highest BCUT2D eigenvalue weighted by Crippen LogP contribution is 2.28. The second kappa shape index (κ2) is 9.48. The summed E-state index contributed by atoms with van der Waals surface area (Å²) in [5, 5.41) is 3.34. The maximum atomic E-state index is 12.2. The summed E-state index contributed by atoms with van der Waals surface area (Å²) in [4.78, 5) is 38.6. The van der Waals surface area contributed by atoms with Gasteiger partial charge in [0.25, 0.3) is 0 Å². The van der Waals surface area contributed by atoms with Crippen molar-refractivity contribution in [2.24, 2.45) is 0 Å². The first kappa shape index (κ1) is 22.6. The van der Waals surface area contributed by atoms with Gasteiger partial charge in [0.05, 0.1) is 11.6 Å². The molecule has 0 spiro atoms. The Morgan fingerprint density at radius 1 is 1.15 bits per heavy atom. The van der Waals surface area contributed by atoms with Gasteiger partial charge in [-0.1, -0.05) is 18.7 Å². The normalized spacial score (nSPS) is 16.8. The van der Waals surface area contributed by atoms with Crippen LogP contribution >= 0.6 is 0 Å². The van der Waals surface area contributed by atoms with Crippen LogP contribution in [-0.4, -0.2) is 59.1 Å². The predicted molar refractivity (Wildman–Crippen MR) is 127 cm³/mol. The summed E-state index contributed by atoms with van der Waals surface area (Å²) in [6.07, 6.45) is 2.69. The molecule has 4 rings (SSSR count). The molecule has 2 aromatic rings. The Kier molecular flexibility index (Phi) is 6.48. The average Bonchev–Trinajstić information content (AvgIpc) is 2.83. The van der Waals surface area contributed by atoms with Crippen LogP contribution in [0, 0.1) is 0 Å².